The fourth-order valence-electron chi connectivity index (χ4n) is 0.754. The molecule has 0 heterocycles. The first-order chi connectivity index (χ1) is 4.72. The third-order valence-electron chi connectivity index (χ3n) is 1.50. The molecule has 0 aromatic carbocycles. The number of ketones is 1. The summed E-state index contributed by atoms with van der Waals surface area (Å²) in [6.45, 7) is 5.90. The second-order valence-corrected chi connectivity index (χ2v) is 2.45. The smallest absolute Gasteiger partial charge is 0.157 e. The maximum atomic E-state index is 10.9. The molecule has 1 heteroatoms. The number of hydrogen-bond donors (Lipinski definition) is 0. The standard InChI is InChI=1S/C9H16O/c1-4-6-7-8(3)9(10)5-2/h7H,4-6H2,1-3H3. The molecule has 0 fully saturated rings. The molecule has 0 amide bonds. The Morgan fingerprint density at radius 1 is 1.40 bits per heavy atom. The molecule has 0 aliphatic rings. The highest BCUT2D eigenvalue weighted by atomic mass is 16.1. The first kappa shape index (κ1) is 9.41. The van der Waals surface area contributed by atoms with Gasteiger partial charge in [-0.1, -0.05) is 26.3 Å². The fourth-order valence-corrected chi connectivity index (χ4v) is 0.754. The van der Waals surface area contributed by atoms with E-state index in [2.05, 4.69) is 6.92 Å². The van der Waals surface area contributed by atoms with E-state index in [0.29, 0.717) is 6.42 Å². The third-order valence-corrected chi connectivity index (χ3v) is 1.50. The van der Waals surface area contributed by atoms with Crippen LogP contribution in [0.3, 0.4) is 0 Å². The zero-order valence-corrected chi connectivity index (χ0v) is 7.11. The van der Waals surface area contributed by atoms with Crippen LogP contribution in [0.2, 0.25) is 0 Å². The predicted molar refractivity (Wildman–Crippen MR) is 44.0 cm³/mol. The number of hydrogen-bond acceptors (Lipinski definition) is 1. The van der Waals surface area contributed by atoms with Gasteiger partial charge in [0.15, 0.2) is 5.78 Å². The number of carbonyl (C=O) groups excluding carboxylic acids is 1. The van der Waals surface area contributed by atoms with Crippen molar-refractivity contribution < 1.29 is 4.79 Å². The van der Waals surface area contributed by atoms with Crippen molar-refractivity contribution in [1.29, 1.82) is 0 Å². The summed E-state index contributed by atoms with van der Waals surface area (Å²) in [5, 5.41) is 0. The lowest BCUT2D eigenvalue weighted by Gasteiger charge is -1.94. The van der Waals surface area contributed by atoms with Gasteiger partial charge in [0, 0.05) is 6.42 Å². The Kier molecular flexibility index (Phi) is 4.91. The van der Waals surface area contributed by atoms with Gasteiger partial charge in [0.2, 0.25) is 0 Å². The molecule has 0 aromatic rings. The van der Waals surface area contributed by atoms with Gasteiger partial charge >= 0.3 is 0 Å². The van der Waals surface area contributed by atoms with Crippen LogP contribution in [0.25, 0.3) is 0 Å². The predicted octanol–water partition coefficient (Wildman–Crippen LogP) is 2.71. The lowest BCUT2D eigenvalue weighted by Crippen LogP contribution is -1.95. The van der Waals surface area contributed by atoms with Crippen molar-refractivity contribution >= 4 is 5.78 Å². The number of allylic oxidation sites excluding steroid dienone is 2. The van der Waals surface area contributed by atoms with Gasteiger partial charge in [-0.3, -0.25) is 4.79 Å². The van der Waals surface area contributed by atoms with Crippen LogP contribution in [0.4, 0.5) is 0 Å². The van der Waals surface area contributed by atoms with Crippen molar-refractivity contribution in [3.8, 4) is 0 Å². The maximum absolute atomic E-state index is 10.9. The lowest BCUT2D eigenvalue weighted by molar-refractivity contribution is -0.115. The van der Waals surface area contributed by atoms with Crippen LogP contribution in [0.1, 0.15) is 40.0 Å². The molecule has 0 unspecified atom stereocenters. The molecule has 0 rings (SSSR count). The zero-order valence-electron chi connectivity index (χ0n) is 7.11. The van der Waals surface area contributed by atoms with E-state index in [1.54, 1.807) is 0 Å². The molecule has 1 nitrogen and oxygen atoms in total. The first-order valence-electron chi connectivity index (χ1n) is 3.92. The molecule has 0 aliphatic carbocycles. The topological polar surface area (TPSA) is 17.1 Å². The van der Waals surface area contributed by atoms with Crippen LogP contribution in [-0.2, 0) is 4.79 Å². The average Bonchev–Trinajstić information content (AvgIpc) is 1.98. The number of carbonyl (C=O) groups is 1. The quantitative estimate of drug-likeness (QED) is 0.549. The van der Waals surface area contributed by atoms with Crippen LogP contribution in [0.15, 0.2) is 11.6 Å². The van der Waals surface area contributed by atoms with Gasteiger partial charge in [-0.25, -0.2) is 0 Å². The van der Waals surface area contributed by atoms with Gasteiger partial charge in [0.25, 0.3) is 0 Å². The van der Waals surface area contributed by atoms with E-state index in [1.807, 2.05) is 19.9 Å². The molecule has 0 atom stereocenters. The Morgan fingerprint density at radius 2 is 2.00 bits per heavy atom. The molecule has 58 valence electrons. The van der Waals surface area contributed by atoms with E-state index in [-0.39, 0.29) is 5.78 Å². The van der Waals surface area contributed by atoms with Crippen molar-refractivity contribution in [3.63, 3.8) is 0 Å². The summed E-state index contributed by atoms with van der Waals surface area (Å²) in [7, 11) is 0. The second-order valence-electron chi connectivity index (χ2n) is 2.45. The molecule has 0 saturated heterocycles. The van der Waals surface area contributed by atoms with Crippen molar-refractivity contribution in [2.75, 3.05) is 0 Å². The molecular formula is C9H16O. The Morgan fingerprint density at radius 3 is 2.40 bits per heavy atom. The van der Waals surface area contributed by atoms with Crippen LogP contribution < -0.4 is 0 Å². The van der Waals surface area contributed by atoms with Crippen molar-refractivity contribution in [2.45, 2.75) is 40.0 Å². The SMILES string of the molecule is CCCC=C(C)C(=O)CC. The van der Waals surface area contributed by atoms with Gasteiger partial charge in [0.1, 0.15) is 0 Å². The highest BCUT2D eigenvalue weighted by Gasteiger charge is 1.97. The summed E-state index contributed by atoms with van der Waals surface area (Å²) in [6.07, 6.45) is 4.80. The number of Topliss-reactive ketones (excluding diaryl/α,β-unsaturated/α-hetero) is 1. The fraction of sp³-hybridized carbons (Fsp3) is 0.667. The van der Waals surface area contributed by atoms with Crippen molar-refractivity contribution in [1.82, 2.24) is 0 Å². The van der Waals surface area contributed by atoms with E-state index in [1.165, 1.54) is 0 Å². The molecular weight excluding hydrogens is 124 g/mol. The van der Waals surface area contributed by atoms with Crippen molar-refractivity contribution in [2.24, 2.45) is 0 Å². The Bertz CT molecular complexity index is 134. The van der Waals surface area contributed by atoms with Crippen molar-refractivity contribution in [3.05, 3.63) is 11.6 Å². The highest BCUT2D eigenvalue weighted by Crippen LogP contribution is 2.01. The largest absolute Gasteiger partial charge is 0.295 e. The maximum Gasteiger partial charge on any atom is 0.157 e. The van der Waals surface area contributed by atoms with E-state index >= 15 is 0 Å². The number of rotatable bonds is 4. The summed E-state index contributed by atoms with van der Waals surface area (Å²) < 4.78 is 0. The zero-order chi connectivity index (χ0) is 7.98. The van der Waals surface area contributed by atoms with Gasteiger partial charge in [0.05, 0.1) is 0 Å². The molecule has 0 N–H and O–H groups in total. The van der Waals surface area contributed by atoms with E-state index in [4.69, 9.17) is 0 Å². The third kappa shape index (κ3) is 3.44. The molecule has 10 heavy (non-hydrogen) atoms. The summed E-state index contributed by atoms with van der Waals surface area (Å²) in [6, 6.07) is 0. The summed E-state index contributed by atoms with van der Waals surface area (Å²) in [4.78, 5) is 10.9. The normalized spacial score (nSPS) is 11.7. The van der Waals surface area contributed by atoms with E-state index in [0.717, 1.165) is 18.4 Å². The lowest BCUT2D eigenvalue weighted by atomic mass is 10.1. The molecule has 0 radical (unpaired) electrons. The summed E-state index contributed by atoms with van der Waals surface area (Å²) >= 11 is 0. The Labute approximate surface area is 63.1 Å². The van der Waals surface area contributed by atoms with Crippen LogP contribution in [0, 0.1) is 0 Å². The Hall–Kier alpha value is -0.590. The Balaban J connectivity index is 3.80. The molecule has 0 aromatic heterocycles. The number of unbranched alkanes of at least 4 members (excludes halogenated alkanes) is 1. The minimum Gasteiger partial charge on any atom is -0.295 e. The van der Waals surface area contributed by atoms with Gasteiger partial charge in [-0.05, 0) is 18.9 Å². The van der Waals surface area contributed by atoms with Gasteiger partial charge in [-0.2, -0.15) is 0 Å². The molecule has 0 aliphatic heterocycles. The minimum atomic E-state index is 0.272. The minimum absolute atomic E-state index is 0.272. The second kappa shape index (κ2) is 5.21. The average molecular weight is 140 g/mol. The summed E-state index contributed by atoms with van der Waals surface area (Å²) in [5.74, 6) is 0.272. The molecule has 0 saturated carbocycles. The van der Waals surface area contributed by atoms with E-state index < -0.39 is 0 Å². The van der Waals surface area contributed by atoms with Crippen LogP contribution in [-0.4, -0.2) is 5.78 Å². The van der Waals surface area contributed by atoms with Gasteiger partial charge < -0.3 is 0 Å². The highest BCUT2D eigenvalue weighted by molar-refractivity contribution is 5.94. The van der Waals surface area contributed by atoms with Crippen LogP contribution in [0.5, 0.6) is 0 Å². The monoisotopic (exact) mass is 140 g/mol. The van der Waals surface area contributed by atoms with Crippen LogP contribution >= 0.6 is 0 Å². The van der Waals surface area contributed by atoms with E-state index in [9.17, 15) is 4.79 Å². The summed E-state index contributed by atoms with van der Waals surface area (Å²) in [5.41, 5.74) is 0.921. The van der Waals surface area contributed by atoms with Gasteiger partial charge in [-0.15, -0.1) is 0 Å². The molecule has 0 bridgehead atoms. The molecule has 0 spiro atoms. The first-order valence-corrected chi connectivity index (χ1v) is 3.92.